The molecule has 2 bridgehead atoms. The van der Waals surface area contributed by atoms with Crippen LogP contribution in [0.1, 0.15) is 58.8 Å². The van der Waals surface area contributed by atoms with Crippen LogP contribution in [0, 0.1) is 23.2 Å². The molecule has 18 heavy (non-hydrogen) atoms. The fourth-order valence-corrected chi connectivity index (χ4v) is 4.95. The van der Waals surface area contributed by atoms with Crippen LogP contribution in [0.25, 0.3) is 0 Å². The van der Waals surface area contributed by atoms with Crippen molar-refractivity contribution in [2.75, 3.05) is 0 Å². The lowest BCUT2D eigenvalue weighted by Gasteiger charge is -2.64. The smallest absolute Gasteiger partial charge is 0.248 e. The lowest BCUT2D eigenvalue weighted by molar-refractivity contribution is -0.143. The van der Waals surface area contributed by atoms with Crippen molar-refractivity contribution in [3.63, 3.8) is 0 Å². The molecular formula is C15H25F2N. The van der Waals surface area contributed by atoms with Crippen LogP contribution in [0.4, 0.5) is 8.78 Å². The number of rotatable bonds is 1. The van der Waals surface area contributed by atoms with Gasteiger partial charge in [0.15, 0.2) is 0 Å². The standard InChI is InChI=1S/C15H25F2N/c1-13(2)10-3-4-11(12(13)9-10)14(18)5-7-15(16,17)8-6-14/h10-12H,3-9,18H2,1-2H3/t10-,11?,12-/m0/s1. The van der Waals surface area contributed by atoms with E-state index in [1.165, 1.54) is 19.3 Å². The molecule has 0 heterocycles. The molecule has 2 N–H and O–H groups in total. The van der Waals surface area contributed by atoms with Gasteiger partial charge in [0.2, 0.25) is 5.92 Å². The van der Waals surface area contributed by atoms with Crippen molar-refractivity contribution in [3.05, 3.63) is 0 Å². The van der Waals surface area contributed by atoms with E-state index in [1.807, 2.05) is 0 Å². The van der Waals surface area contributed by atoms with Gasteiger partial charge in [0.05, 0.1) is 0 Å². The van der Waals surface area contributed by atoms with Crippen LogP contribution in [-0.2, 0) is 0 Å². The molecule has 4 aliphatic carbocycles. The van der Waals surface area contributed by atoms with Gasteiger partial charge < -0.3 is 5.73 Å². The maximum atomic E-state index is 13.3. The summed E-state index contributed by atoms with van der Waals surface area (Å²) >= 11 is 0. The van der Waals surface area contributed by atoms with Crippen LogP contribution in [0.2, 0.25) is 0 Å². The molecule has 4 saturated carbocycles. The van der Waals surface area contributed by atoms with Gasteiger partial charge in [0.25, 0.3) is 0 Å². The molecule has 0 aliphatic heterocycles. The first kappa shape index (κ1) is 12.8. The zero-order valence-corrected chi connectivity index (χ0v) is 11.5. The van der Waals surface area contributed by atoms with Gasteiger partial charge in [0.1, 0.15) is 0 Å². The highest BCUT2D eigenvalue weighted by molar-refractivity contribution is 5.10. The van der Waals surface area contributed by atoms with Gasteiger partial charge in [-0.25, -0.2) is 8.78 Å². The van der Waals surface area contributed by atoms with Gasteiger partial charge in [-0.05, 0) is 55.3 Å². The summed E-state index contributed by atoms with van der Waals surface area (Å²) in [6.07, 6.45) is 4.73. The zero-order chi connectivity index (χ0) is 13.2. The van der Waals surface area contributed by atoms with E-state index in [9.17, 15) is 8.78 Å². The molecule has 0 radical (unpaired) electrons. The van der Waals surface area contributed by atoms with Crippen molar-refractivity contribution < 1.29 is 8.78 Å². The van der Waals surface area contributed by atoms with Crippen molar-refractivity contribution >= 4 is 0 Å². The maximum Gasteiger partial charge on any atom is 0.248 e. The minimum Gasteiger partial charge on any atom is -0.325 e. The molecule has 3 atom stereocenters. The number of hydrogen-bond donors (Lipinski definition) is 1. The second-order valence-electron chi connectivity index (χ2n) is 7.63. The van der Waals surface area contributed by atoms with E-state index in [0.29, 0.717) is 30.1 Å². The van der Waals surface area contributed by atoms with Crippen molar-refractivity contribution in [2.24, 2.45) is 28.9 Å². The fraction of sp³-hybridized carbons (Fsp3) is 1.00. The second kappa shape index (κ2) is 3.68. The molecule has 1 nitrogen and oxygen atoms in total. The first-order chi connectivity index (χ1) is 8.25. The van der Waals surface area contributed by atoms with Crippen LogP contribution in [0.3, 0.4) is 0 Å². The molecule has 0 saturated heterocycles. The molecule has 4 fully saturated rings. The number of nitrogens with two attached hydrogens (primary N) is 1. The lowest BCUT2D eigenvalue weighted by atomic mass is 9.42. The fourth-order valence-electron chi connectivity index (χ4n) is 4.95. The van der Waals surface area contributed by atoms with Crippen molar-refractivity contribution in [2.45, 2.75) is 70.3 Å². The largest absolute Gasteiger partial charge is 0.325 e. The predicted molar refractivity (Wildman–Crippen MR) is 68.4 cm³/mol. The summed E-state index contributed by atoms with van der Waals surface area (Å²) in [6, 6.07) is 0. The molecule has 0 aromatic carbocycles. The Morgan fingerprint density at radius 3 is 2.06 bits per heavy atom. The zero-order valence-electron chi connectivity index (χ0n) is 11.5. The Hall–Kier alpha value is -0.180. The van der Waals surface area contributed by atoms with Crippen LogP contribution < -0.4 is 5.73 Å². The van der Waals surface area contributed by atoms with E-state index in [-0.39, 0.29) is 18.4 Å². The average molecular weight is 257 g/mol. The number of halogens is 2. The van der Waals surface area contributed by atoms with Crippen LogP contribution >= 0.6 is 0 Å². The lowest BCUT2D eigenvalue weighted by Crippen LogP contribution is -2.63. The second-order valence-corrected chi connectivity index (χ2v) is 7.63. The molecule has 4 rings (SSSR count). The molecule has 104 valence electrons. The Balaban J connectivity index is 1.75. The minimum absolute atomic E-state index is 0.00340. The van der Waals surface area contributed by atoms with Gasteiger partial charge in [-0.1, -0.05) is 13.8 Å². The Morgan fingerprint density at radius 1 is 0.944 bits per heavy atom. The number of alkyl halides is 2. The van der Waals surface area contributed by atoms with Crippen molar-refractivity contribution in [3.8, 4) is 0 Å². The third kappa shape index (κ3) is 1.73. The van der Waals surface area contributed by atoms with Crippen LogP contribution in [0.5, 0.6) is 0 Å². The third-order valence-corrected chi connectivity index (χ3v) is 6.51. The SMILES string of the molecule is CC1(C)[C@H]2CCC(C3(N)CCC(F)(F)CC3)[C@@H]1C2. The molecular weight excluding hydrogens is 232 g/mol. The molecule has 1 unspecified atom stereocenters. The predicted octanol–water partition coefficient (Wildman–Crippen LogP) is 3.97. The Morgan fingerprint density at radius 2 is 1.56 bits per heavy atom. The summed E-state index contributed by atoms with van der Waals surface area (Å²) in [5.74, 6) is -0.455. The van der Waals surface area contributed by atoms with Gasteiger partial charge in [-0.3, -0.25) is 0 Å². The maximum absolute atomic E-state index is 13.3. The molecule has 0 spiro atoms. The summed E-state index contributed by atoms with van der Waals surface area (Å²) in [6.45, 7) is 4.69. The Labute approximate surface area is 109 Å². The van der Waals surface area contributed by atoms with Gasteiger partial charge >= 0.3 is 0 Å². The van der Waals surface area contributed by atoms with Gasteiger partial charge in [0, 0.05) is 18.4 Å². The van der Waals surface area contributed by atoms with E-state index < -0.39 is 5.92 Å². The molecule has 3 heteroatoms. The highest BCUT2D eigenvalue weighted by Crippen LogP contribution is 2.64. The summed E-state index contributed by atoms with van der Waals surface area (Å²) in [5.41, 5.74) is 6.65. The highest BCUT2D eigenvalue weighted by Gasteiger charge is 2.59. The first-order valence-corrected chi connectivity index (χ1v) is 7.41. The van der Waals surface area contributed by atoms with E-state index in [4.69, 9.17) is 5.73 Å². The summed E-state index contributed by atoms with van der Waals surface area (Å²) in [4.78, 5) is 0. The third-order valence-electron chi connectivity index (χ3n) is 6.51. The quantitative estimate of drug-likeness (QED) is 0.756. The summed E-state index contributed by atoms with van der Waals surface area (Å²) < 4.78 is 26.6. The van der Waals surface area contributed by atoms with Gasteiger partial charge in [-0.2, -0.15) is 0 Å². The highest BCUT2D eigenvalue weighted by atomic mass is 19.3. The van der Waals surface area contributed by atoms with Gasteiger partial charge in [-0.15, -0.1) is 0 Å². The van der Waals surface area contributed by atoms with Crippen LogP contribution in [-0.4, -0.2) is 11.5 Å². The molecule has 0 aromatic rings. The number of fused-ring (bicyclic) bond motifs is 2. The molecule has 4 aliphatic rings. The van der Waals surface area contributed by atoms with Crippen LogP contribution in [0.15, 0.2) is 0 Å². The normalized spacial score (nSPS) is 44.2. The van der Waals surface area contributed by atoms with E-state index in [0.717, 1.165) is 5.92 Å². The summed E-state index contributed by atoms with van der Waals surface area (Å²) in [5, 5.41) is 0. The van der Waals surface area contributed by atoms with Crippen molar-refractivity contribution in [1.82, 2.24) is 0 Å². The van der Waals surface area contributed by atoms with E-state index in [1.54, 1.807) is 0 Å². The van der Waals surface area contributed by atoms with E-state index in [2.05, 4.69) is 13.8 Å². The monoisotopic (exact) mass is 257 g/mol. The minimum atomic E-state index is -2.46. The van der Waals surface area contributed by atoms with Crippen molar-refractivity contribution in [1.29, 1.82) is 0 Å². The Bertz CT molecular complexity index is 338. The first-order valence-electron chi connectivity index (χ1n) is 7.41. The summed E-state index contributed by atoms with van der Waals surface area (Å²) in [7, 11) is 0. The van der Waals surface area contributed by atoms with E-state index >= 15 is 0 Å². The topological polar surface area (TPSA) is 26.0 Å². The number of hydrogen-bond acceptors (Lipinski definition) is 1. The average Bonchev–Trinajstić information content (AvgIpc) is 2.33. The Kier molecular flexibility index (Phi) is 2.62. The molecule has 0 amide bonds. The molecule has 0 aromatic heterocycles.